The average Bonchev–Trinajstić information content (AvgIpc) is 2.46. The first-order chi connectivity index (χ1) is 9.13. The van der Waals surface area contributed by atoms with Crippen LogP contribution in [0.1, 0.15) is 15.9 Å². The first kappa shape index (κ1) is 13.1. The maximum absolute atomic E-state index is 12.4. The van der Waals surface area contributed by atoms with Gasteiger partial charge in [-0.25, -0.2) is 0 Å². The van der Waals surface area contributed by atoms with Gasteiger partial charge >= 0.3 is 0 Å². The quantitative estimate of drug-likeness (QED) is 0.787. The van der Waals surface area contributed by atoms with Gasteiger partial charge in [0.2, 0.25) is 0 Å². The van der Waals surface area contributed by atoms with Gasteiger partial charge < -0.3 is 9.64 Å². The first-order valence-corrected chi connectivity index (χ1v) is 6.08. The highest BCUT2D eigenvalue weighted by molar-refractivity contribution is 6.10. The van der Waals surface area contributed by atoms with Gasteiger partial charge in [0, 0.05) is 31.4 Å². The van der Waals surface area contributed by atoms with Crippen LogP contribution in [-0.4, -0.2) is 27.0 Å². The monoisotopic (exact) mass is 255 g/mol. The zero-order valence-corrected chi connectivity index (χ0v) is 11.4. The molecular formula is C16H17NO2. The highest BCUT2D eigenvalue weighted by Gasteiger charge is 2.15. The van der Waals surface area contributed by atoms with Crippen molar-refractivity contribution in [2.24, 2.45) is 0 Å². The van der Waals surface area contributed by atoms with Crippen molar-refractivity contribution in [1.82, 2.24) is 0 Å². The van der Waals surface area contributed by atoms with E-state index in [4.69, 9.17) is 4.74 Å². The van der Waals surface area contributed by atoms with Gasteiger partial charge in [0.1, 0.15) is 5.75 Å². The third-order valence-electron chi connectivity index (χ3n) is 2.98. The number of carbonyl (C=O) groups excluding carboxylic acids is 1. The van der Waals surface area contributed by atoms with Gasteiger partial charge in [-0.05, 0) is 12.1 Å². The van der Waals surface area contributed by atoms with Crippen molar-refractivity contribution in [2.45, 2.75) is 0 Å². The van der Waals surface area contributed by atoms with Gasteiger partial charge in [-0.3, -0.25) is 4.79 Å². The minimum absolute atomic E-state index is 0.0252. The number of rotatable bonds is 4. The van der Waals surface area contributed by atoms with E-state index in [-0.39, 0.29) is 5.78 Å². The fraction of sp³-hybridized carbons (Fsp3) is 0.188. The zero-order valence-electron chi connectivity index (χ0n) is 11.4. The highest BCUT2D eigenvalue weighted by atomic mass is 16.5. The molecule has 0 aliphatic carbocycles. The molecule has 0 saturated carbocycles. The molecule has 0 unspecified atom stereocenters. The summed E-state index contributed by atoms with van der Waals surface area (Å²) in [4.78, 5) is 14.4. The number of nitrogens with zero attached hydrogens (tertiary/aromatic N) is 1. The summed E-state index contributed by atoms with van der Waals surface area (Å²) in [6.45, 7) is 0. The molecule has 0 heterocycles. The lowest BCUT2D eigenvalue weighted by Gasteiger charge is -2.15. The molecule has 0 fully saturated rings. The Bertz CT molecular complexity index is 577. The second-order valence-corrected chi connectivity index (χ2v) is 4.47. The van der Waals surface area contributed by atoms with Crippen LogP contribution in [0.25, 0.3) is 0 Å². The fourth-order valence-electron chi connectivity index (χ4n) is 1.89. The van der Waals surface area contributed by atoms with Gasteiger partial charge in [-0.1, -0.05) is 30.3 Å². The van der Waals surface area contributed by atoms with E-state index in [0.717, 1.165) is 5.69 Å². The summed E-state index contributed by atoms with van der Waals surface area (Å²) in [7, 11) is 5.48. The number of ether oxygens (including phenoxy) is 1. The topological polar surface area (TPSA) is 29.5 Å². The minimum atomic E-state index is -0.0252. The summed E-state index contributed by atoms with van der Waals surface area (Å²) in [6.07, 6.45) is 0. The van der Waals surface area contributed by atoms with E-state index in [9.17, 15) is 4.79 Å². The van der Waals surface area contributed by atoms with E-state index in [1.165, 1.54) is 0 Å². The maximum atomic E-state index is 12.4. The van der Waals surface area contributed by atoms with Crippen LogP contribution in [0.3, 0.4) is 0 Å². The predicted octanol–water partition coefficient (Wildman–Crippen LogP) is 2.99. The lowest BCUT2D eigenvalue weighted by molar-refractivity contribution is 0.103. The molecule has 3 heteroatoms. The Morgan fingerprint density at radius 1 is 1.05 bits per heavy atom. The van der Waals surface area contributed by atoms with Crippen molar-refractivity contribution in [1.29, 1.82) is 0 Å². The Balaban J connectivity index is 2.42. The number of carbonyl (C=O) groups is 1. The minimum Gasteiger partial charge on any atom is -0.496 e. The standard InChI is InChI=1S/C16H17NO2/c1-17(2)13-9-10-14(15(11-13)19-3)16(18)12-7-5-4-6-8-12/h4-11H,1-3H3. The second kappa shape index (κ2) is 5.57. The molecule has 0 atom stereocenters. The summed E-state index contributed by atoms with van der Waals surface area (Å²) < 4.78 is 5.33. The molecule has 2 aromatic carbocycles. The molecule has 0 spiro atoms. The number of benzene rings is 2. The largest absolute Gasteiger partial charge is 0.496 e. The van der Waals surface area contributed by atoms with Crippen molar-refractivity contribution in [3.8, 4) is 5.75 Å². The lowest BCUT2D eigenvalue weighted by Crippen LogP contribution is -2.10. The number of methoxy groups -OCH3 is 1. The summed E-state index contributed by atoms with van der Waals surface area (Å²) in [5.41, 5.74) is 2.25. The van der Waals surface area contributed by atoms with Crippen LogP contribution < -0.4 is 9.64 Å². The molecule has 0 radical (unpaired) electrons. The number of ketones is 1. The first-order valence-electron chi connectivity index (χ1n) is 6.08. The van der Waals surface area contributed by atoms with Gasteiger partial charge in [0.25, 0.3) is 0 Å². The Morgan fingerprint density at radius 2 is 1.74 bits per heavy atom. The van der Waals surface area contributed by atoms with E-state index in [0.29, 0.717) is 16.9 Å². The smallest absolute Gasteiger partial charge is 0.196 e. The normalized spacial score (nSPS) is 10.1. The van der Waals surface area contributed by atoms with E-state index in [1.54, 1.807) is 7.11 Å². The predicted molar refractivity (Wildman–Crippen MR) is 77.2 cm³/mol. The molecule has 3 nitrogen and oxygen atoms in total. The molecule has 0 aromatic heterocycles. The molecule has 0 aliphatic heterocycles. The second-order valence-electron chi connectivity index (χ2n) is 4.47. The molecule has 2 aromatic rings. The number of anilines is 1. The Labute approximate surface area is 113 Å². The van der Waals surface area contributed by atoms with Crippen molar-refractivity contribution < 1.29 is 9.53 Å². The van der Waals surface area contributed by atoms with Crippen molar-refractivity contribution >= 4 is 11.5 Å². The van der Waals surface area contributed by atoms with Gasteiger partial charge in [-0.15, -0.1) is 0 Å². The summed E-state index contributed by atoms with van der Waals surface area (Å²) >= 11 is 0. The summed E-state index contributed by atoms with van der Waals surface area (Å²) in [5.74, 6) is 0.572. The van der Waals surface area contributed by atoms with Crippen LogP contribution in [0.4, 0.5) is 5.69 Å². The zero-order chi connectivity index (χ0) is 13.8. The third-order valence-corrected chi connectivity index (χ3v) is 2.98. The Kier molecular flexibility index (Phi) is 3.85. The Morgan fingerprint density at radius 3 is 2.32 bits per heavy atom. The third kappa shape index (κ3) is 2.76. The van der Waals surface area contributed by atoms with Crippen molar-refractivity contribution in [3.63, 3.8) is 0 Å². The van der Waals surface area contributed by atoms with Gasteiger partial charge in [-0.2, -0.15) is 0 Å². The van der Waals surface area contributed by atoms with E-state index in [2.05, 4.69) is 0 Å². The molecule has 19 heavy (non-hydrogen) atoms. The van der Waals surface area contributed by atoms with Crippen molar-refractivity contribution in [2.75, 3.05) is 26.1 Å². The molecular weight excluding hydrogens is 238 g/mol. The Hall–Kier alpha value is -2.29. The maximum Gasteiger partial charge on any atom is 0.196 e. The molecule has 2 rings (SSSR count). The van der Waals surface area contributed by atoms with E-state index < -0.39 is 0 Å². The molecule has 0 amide bonds. The van der Waals surface area contributed by atoms with E-state index >= 15 is 0 Å². The van der Waals surface area contributed by atoms with Crippen LogP contribution in [0, 0.1) is 0 Å². The van der Waals surface area contributed by atoms with Crippen molar-refractivity contribution in [3.05, 3.63) is 59.7 Å². The molecule has 0 N–H and O–H groups in total. The van der Waals surface area contributed by atoms with E-state index in [1.807, 2.05) is 67.5 Å². The lowest BCUT2D eigenvalue weighted by atomic mass is 10.0. The van der Waals surface area contributed by atoms with Gasteiger partial charge in [0.15, 0.2) is 5.78 Å². The van der Waals surface area contributed by atoms with Crippen LogP contribution in [0.5, 0.6) is 5.75 Å². The summed E-state index contributed by atoms with van der Waals surface area (Å²) in [5, 5.41) is 0. The molecule has 98 valence electrons. The van der Waals surface area contributed by atoms with Crippen LogP contribution in [0.2, 0.25) is 0 Å². The number of hydrogen-bond donors (Lipinski definition) is 0. The summed E-state index contributed by atoms with van der Waals surface area (Å²) in [6, 6.07) is 14.8. The highest BCUT2D eigenvalue weighted by Crippen LogP contribution is 2.26. The van der Waals surface area contributed by atoms with Gasteiger partial charge in [0.05, 0.1) is 12.7 Å². The molecule has 0 aliphatic rings. The van der Waals surface area contributed by atoms with Crippen LogP contribution in [-0.2, 0) is 0 Å². The fourth-order valence-corrected chi connectivity index (χ4v) is 1.89. The SMILES string of the molecule is COc1cc(N(C)C)ccc1C(=O)c1ccccc1. The number of hydrogen-bond acceptors (Lipinski definition) is 3. The van der Waals surface area contributed by atoms with Crippen LogP contribution in [0.15, 0.2) is 48.5 Å². The molecule has 0 bridgehead atoms. The molecule has 0 saturated heterocycles. The average molecular weight is 255 g/mol. The van der Waals surface area contributed by atoms with Crippen LogP contribution >= 0.6 is 0 Å².